The molecule has 1 rings (SSSR count). The first-order valence-corrected chi connectivity index (χ1v) is 5.44. The van der Waals surface area contributed by atoms with Gasteiger partial charge in [0, 0.05) is 6.04 Å². The fourth-order valence-electron chi connectivity index (χ4n) is 1.85. The van der Waals surface area contributed by atoms with Crippen LogP contribution >= 0.6 is 0 Å². The second-order valence-corrected chi connectivity index (χ2v) is 4.32. The largest absolute Gasteiger partial charge is 0.479 e. The van der Waals surface area contributed by atoms with E-state index >= 15 is 0 Å². The van der Waals surface area contributed by atoms with E-state index in [0.717, 1.165) is 19.3 Å². The SMILES string of the molecule is CC1CCC(NC(=O)NC[C@H](O)C(=O)O)C1. The molecular weight excluding hydrogens is 212 g/mol. The lowest BCUT2D eigenvalue weighted by molar-refractivity contribution is -0.146. The van der Waals surface area contributed by atoms with Gasteiger partial charge in [0.15, 0.2) is 6.10 Å². The van der Waals surface area contributed by atoms with E-state index in [9.17, 15) is 9.59 Å². The molecule has 1 aliphatic rings. The first-order chi connectivity index (χ1) is 7.49. The van der Waals surface area contributed by atoms with E-state index in [1.807, 2.05) is 0 Å². The van der Waals surface area contributed by atoms with Gasteiger partial charge in [-0.15, -0.1) is 0 Å². The van der Waals surface area contributed by atoms with Gasteiger partial charge in [-0.05, 0) is 25.2 Å². The topological polar surface area (TPSA) is 98.7 Å². The van der Waals surface area contributed by atoms with Crippen LogP contribution in [0, 0.1) is 5.92 Å². The van der Waals surface area contributed by atoms with Crippen molar-refractivity contribution in [2.75, 3.05) is 6.54 Å². The monoisotopic (exact) mass is 230 g/mol. The van der Waals surface area contributed by atoms with Gasteiger partial charge in [-0.25, -0.2) is 9.59 Å². The van der Waals surface area contributed by atoms with Crippen LogP contribution in [0.4, 0.5) is 4.79 Å². The molecule has 0 aromatic carbocycles. The van der Waals surface area contributed by atoms with Crippen LogP contribution in [-0.2, 0) is 4.79 Å². The average Bonchev–Trinajstić information content (AvgIpc) is 2.60. The number of aliphatic carboxylic acids is 1. The Hall–Kier alpha value is -1.30. The molecule has 0 aromatic heterocycles. The zero-order chi connectivity index (χ0) is 12.1. The number of carboxylic acid groups (broad SMARTS) is 1. The summed E-state index contributed by atoms with van der Waals surface area (Å²) in [7, 11) is 0. The van der Waals surface area contributed by atoms with Crippen molar-refractivity contribution in [3.8, 4) is 0 Å². The van der Waals surface area contributed by atoms with Gasteiger partial charge in [0.2, 0.25) is 0 Å². The van der Waals surface area contributed by atoms with Gasteiger partial charge < -0.3 is 20.8 Å². The highest BCUT2D eigenvalue weighted by molar-refractivity contribution is 5.76. The lowest BCUT2D eigenvalue weighted by Gasteiger charge is -2.14. The van der Waals surface area contributed by atoms with Crippen molar-refractivity contribution in [2.24, 2.45) is 5.92 Å². The third-order valence-electron chi connectivity index (χ3n) is 2.77. The zero-order valence-corrected chi connectivity index (χ0v) is 9.27. The quantitative estimate of drug-likeness (QED) is 0.543. The van der Waals surface area contributed by atoms with Crippen molar-refractivity contribution in [3.05, 3.63) is 0 Å². The van der Waals surface area contributed by atoms with E-state index in [0.29, 0.717) is 5.92 Å². The summed E-state index contributed by atoms with van der Waals surface area (Å²) in [6.07, 6.45) is 1.46. The highest BCUT2D eigenvalue weighted by Gasteiger charge is 2.23. The van der Waals surface area contributed by atoms with Gasteiger partial charge in [0.25, 0.3) is 0 Å². The summed E-state index contributed by atoms with van der Waals surface area (Å²) in [4.78, 5) is 21.6. The van der Waals surface area contributed by atoms with Crippen molar-refractivity contribution in [3.63, 3.8) is 0 Å². The number of hydrogen-bond acceptors (Lipinski definition) is 3. The second kappa shape index (κ2) is 5.69. The van der Waals surface area contributed by atoms with Crippen LogP contribution in [0.2, 0.25) is 0 Å². The van der Waals surface area contributed by atoms with Crippen LogP contribution in [0.5, 0.6) is 0 Å². The predicted octanol–water partition coefficient (Wildman–Crippen LogP) is -0.0803. The predicted molar refractivity (Wildman–Crippen MR) is 57.0 cm³/mol. The maximum atomic E-state index is 11.3. The molecule has 0 aromatic rings. The number of carboxylic acids is 1. The average molecular weight is 230 g/mol. The molecule has 1 aliphatic carbocycles. The molecule has 0 saturated heterocycles. The molecule has 0 heterocycles. The molecular formula is C10H18N2O4. The maximum absolute atomic E-state index is 11.3. The fraction of sp³-hybridized carbons (Fsp3) is 0.800. The number of hydrogen-bond donors (Lipinski definition) is 4. The van der Waals surface area contributed by atoms with Crippen molar-refractivity contribution in [1.82, 2.24) is 10.6 Å². The summed E-state index contributed by atoms with van der Waals surface area (Å²) in [5.74, 6) is -0.718. The Kier molecular flexibility index (Phi) is 4.54. The van der Waals surface area contributed by atoms with Crippen molar-refractivity contribution >= 4 is 12.0 Å². The van der Waals surface area contributed by atoms with Crippen LogP contribution in [0.25, 0.3) is 0 Å². The first-order valence-electron chi connectivity index (χ1n) is 5.44. The van der Waals surface area contributed by atoms with Gasteiger partial charge in [-0.3, -0.25) is 0 Å². The molecule has 92 valence electrons. The number of nitrogens with one attached hydrogen (secondary N) is 2. The van der Waals surface area contributed by atoms with Crippen LogP contribution in [0.1, 0.15) is 26.2 Å². The standard InChI is InChI=1S/C10H18N2O4/c1-6-2-3-7(4-6)12-10(16)11-5-8(13)9(14)15/h6-8,13H,2-5H2,1H3,(H,14,15)(H2,11,12,16)/t6?,7?,8-/m0/s1. The zero-order valence-electron chi connectivity index (χ0n) is 9.27. The number of carbonyl (C=O) groups excluding carboxylic acids is 1. The molecule has 0 bridgehead atoms. The Balaban J connectivity index is 2.18. The van der Waals surface area contributed by atoms with Crippen LogP contribution in [0.3, 0.4) is 0 Å². The molecule has 0 spiro atoms. The lowest BCUT2D eigenvalue weighted by atomic mass is 10.1. The lowest BCUT2D eigenvalue weighted by Crippen LogP contribution is -2.45. The Labute approximate surface area is 94.0 Å². The third-order valence-corrected chi connectivity index (χ3v) is 2.77. The second-order valence-electron chi connectivity index (χ2n) is 4.32. The van der Waals surface area contributed by atoms with Gasteiger partial charge in [-0.2, -0.15) is 0 Å². The number of aliphatic hydroxyl groups is 1. The minimum Gasteiger partial charge on any atom is -0.479 e. The highest BCUT2D eigenvalue weighted by Crippen LogP contribution is 2.24. The molecule has 1 saturated carbocycles. The normalized spacial score (nSPS) is 26.1. The molecule has 6 heteroatoms. The van der Waals surface area contributed by atoms with Gasteiger partial charge >= 0.3 is 12.0 Å². The molecule has 0 radical (unpaired) electrons. The van der Waals surface area contributed by atoms with Crippen molar-refractivity contribution < 1.29 is 19.8 Å². The number of carbonyl (C=O) groups is 2. The van der Waals surface area contributed by atoms with E-state index in [-0.39, 0.29) is 12.6 Å². The van der Waals surface area contributed by atoms with Crippen LogP contribution < -0.4 is 10.6 Å². The Morgan fingerprint density at radius 1 is 1.44 bits per heavy atom. The summed E-state index contributed by atoms with van der Waals surface area (Å²) < 4.78 is 0. The summed E-state index contributed by atoms with van der Waals surface area (Å²) in [5, 5.41) is 22.4. The Morgan fingerprint density at radius 3 is 2.62 bits per heavy atom. The number of rotatable bonds is 4. The van der Waals surface area contributed by atoms with Gasteiger partial charge in [0.05, 0.1) is 6.54 Å². The van der Waals surface area contributed by atoms with E-state index in [1.165, 1.54) is 0 Å². The molecule has 6 nitrogen and oxygen atoms in total. The van der Waals surface area contributed by atoms with Gasteiger partial charge in [-0.1, -0.05) is 6.92 Å². The van der Waals surface area contributed by atoms with Crippen LogP contribution in [-0.4, -0.2) is 40.9 Å². The summed E-state index contributed by atoms with van der Waals surface area (Å²) in [6, 6.07) is -0.253. The smallest absolute Gasteiger partial charge is 0.334 e. The molecule has 16 heavy (non-hydrogen) atoms. The first kappa shape index (κ1) is 12.8. The van der Waals surface area contributed by atoms with Crippen molar-refractivity contribution in [2.45, 2.75) is 38.3 Å². The molecule has 2 unspecified atom stereocenters. The minimum absolute atomic E-state index is 0.164. The Morgan fingerprint density at radius 2 is 2.12 bits per heavy atom. The molecule has 2 amide bonds. The van der Waals surface area contributed by atoms with E-state index in [1.54, 1.807) is 0 Å². The third kappa shape index (κ3) is 4.06. The number of aliphatic hydroxyl groups excluding tert-OH is 1. The van der Waals surface area contributed by atoms with E-state index < -0.39 is 18.1 Å². The number of amides is 2. The summed E-state index contributed by atoms with van der Waals surface area (Å²) in [5.41, 5.74) is 0. The minimum atomic E-state index is -1.55. The Bertz CT molecular complexity index is 270. The van der Waals surface area contributed by atoms with Crippen molar-refractivity contribution in [1.29, 1.82) is 0 Å². The van der Waals surface area contributed by atoms with E-state index in [4.69, 9.17) is 10.2 Å². The van der Waals surface area contributed by atoms with Crippen LogP contribution in [0.15, 0.2) is 0 Å². The molecule has 4 N–H and O–H groups in total. The fourth-order valence-corrected chi connectivity index (χ4v) is 1.85. The highest BCUT2D eigenvalue weighted by atomic mass is 16.4. The van der Waals surface area contributed by atoms with E-state index in [2.05, 4.69) is 17.6 Å². The van der Waals surface area contributed by atoms with Gasteiger partial charge in [0.1, 0.15) is 0 Å². The molecule has 0 aliphatic heterocycles. The summed E-state index contributed by atoms with van der Waals surface area (Å²) in [6.45, 7) is 1.86. The maximum Gasteiger partial charge on any atom is 0.334 e. The number of urea groups is 1. The molecule has 3 atom stereocenters. The summed E-state index contributed by atoms with van der Waals surface area (Å²) >= 11 is 0. The molecule has 1 fully saturated rings.